The van der Waals surface area contributed by atoms with Crippen LogP contribution in [0.1, 0.15) is 18.5 Å². The van der Waals surface area contributed by atoms with E-state index in [4.69, 9.17) is 26.1 Å². The molecule has 0 unspecified atom stereocenters. The van der Waals surface area contributed by atoms with Gasteiger partial charge in [0.2, 0.25) is 11.9 Å². The standard InChI is InChI=1S/C29H29ClN6O4/c1-4-25(37)34-20-8-7-19(31-16-20)9-10-36-27-18(15-33-29(35-27)32-14-17-5-6-17)11-23(28(36)38)22-12-21(39-2)13-24(40-3)26(22)30/h4,7-8,11-13,15-17H,1,5-6,9-10,14H2,2-3H3,(H,34,37)(H,32,33,35). The van der Waals surface area contributed by atoms with E-state index in [1.54, 1.807) is 47.3 Å². The molecule has 1 aromatic carbocycles. The third kappa shape index (κ3) is 5.91. The zero-order chi connectivity index (χ0) is 28.2. The summed E-state index contributed by atoms with van der Waals surface area (Å²) in [7, 11) is 3.05. The van der Waals surface area contributed by atoms with E-state index in [0.717, 1.165) is 12.2 Å². The molecule has 1 saturated carbocycles. The number of hydrogen-bond donors (Lipinski definition) is 2. The van der Waals surface area contributed by atoms with Gasteiger partial charge in [-0.15, -0.1) is 0 Å². The van der Waals surface area contributed by atoms with Crippen LogP contribution in [0, 0.1) is 5.92 Å². The Kier molecular flexibility index (Phi) is 7.97. The SMILES string of the molecule is C=CC(=O)Nc1ccc(CCn2c(=O)c(-c3cc(OC)cc(OC)c3Cl)cc3cnc(NCC4CC4)nc32)nc1. The van der Waals surface area contributed by atoms with Crippen LogP contribution in [0.2, 0.25) is 5.02 Å². The number of pyridine rings is 2. The quantitative estimate of drug-likeness (QED) is 0.253. The van der Waals surface area contributed by atoms with Gasteiger partial charge in [-0.25, -0.2) is 4.98 Å². The normalized spacial score (nSPS) is 12.7. The first-order chi connectivity index (χ1) is 19.4. The van der Waals surface area contributed by atoms with Gasteiger partial charge in [-0.3, -0.25) is 19.1 Å². The number of nitrogens with one attached hydrogen (secondary N) is 2. The number of amides is 1. The molecule has 4 aromatic rings. The molecular weight excluding hydrogens is 532 g/mol. The summed E-state index contributed by atoms with van der Waals surface area (Å²) < 4.78 is 12.5. The van der Waals surface area contributed by atoms with Gasteiger partial charge < -0.3 is 20.1 Å². The van der Waals surface area contributed by atoms with Gasteiger partial charge in [0.15, 0.2) is 0 Å². The van der Waals surface area contributed by atoms with Crippen molar-refractivity contribution in [2.75, 3.05) is 31.4 Å². The lowest BCUT2D eigenvalue weighted by Crippen LogP contribution is -2.24. The Balaban J connectivity index is 1.55. The van der Waals surface area contributed by atoms with Crippen LogP contribution < -0.4 is 25.7 Å². The van der Waals surface area contributed by atoms with E-state index in [1.807, 2.05) is 0 Å². The van der Waals surface area contributed by atoms with Gasteiger partial charge in [0, 0.05) is 54.0 Å². The summed E-state index contributed by atoms with van der Waals surface area (Å²) in [6.45, 7) is 4.55. The van der Waals surface area contributed by atoms with Gasteiger partial charge in [-0.1, -0.05) is 18.2 Å². The third-order valence-electron chi connectivity index (χ3n) is 6.70. The van der Waals surface area contributed by atoms with Gasteiger partial charge in [0.25, 0.3) is 5.56 Å². The van der Waals surface area contributed by atoms with E-state index < -0.39 is 0 Å². The molecule has 1 aliphatic rings. The van der Waals surface area contributed by atoms with Crippen LogP contribution in [0.4, 0.5) is 11.6 Å². The highest BCUT2D eigenvalue weighted by Crippen LogP contribution is 2.38. The van der Waals surface area contributed by atoms with Crippen molar-refractivity contribution in [3.05, 3.63) is 76.5 Å². The summed E-state index contributed by atoms with van der Waals surface area (Å²) in [5.74, 6) is 1.70. The van der Waals surface area contributed by atoms with Crippen LogP contribution in [0.3, 0.4) is 0 Å². The number of aromatic nitrogens is 4. The molecule has 1 aliphatic carbocycles. The molecule has 1 amide bonds. The van der Waals surface area contributed by atoms with Gasteiger partial charge in [0.05, 0.1) is 31.1 Å². The lowest BCUT2D eigenvalue weighted by Gasteiger charge is -2.16. The Bertz CT molecular complexity index is 1630. The van der Waals surface area contributed by atoms with Crippen molar-refractivity contribution < 1.29 is 14.3 Å². The van der Waals surface area contributed by atoms with Crippen molar-refractivity contribution in [2.24, 2.45) is 5.92 Å². The predicted octanol–water partition coefficient (Wildman–Crippen LogP) is 4.71. The molecule has 3 heterocycles. The van der Waals surface area contributed by atoms with E-state index in [-0.39, 0.29) is 11.5 Å². The van der Waals surface area contributed by atoms with Crippen molar-refractivity contribution in [3.63, 3.8) is 0 Å². The molecule has 3 aromatic heterocycles. The van der Waals surface area contributed by atoms with Crippen LogP contribution in [0.25, 0.3) is 22.2 Å². The van der Waals surface area contributed by atoms with E-state index in [2.05, 4.69) is 27.2 Å². The van der Waals surface area contributed by atoms with Crippen LogP contribution in [-0.2, 0) is 17.8 Å². The fourth-order valence-electron chi connectivity index (χ4n) is 4.30. The van der Waals surface area contributed by atoms with Crippen LogP contribution >= 0.6 is 11.6 Å². The summed E-state index contributed by atoms with van der Waals surface area (Å²) in [6.07, 6.45) is 7.30. The fourth-order valence-corrected chi connectivity index (χ4v) is 4.59. The highest BCUT2D eigenvalue weighted by Gasteiger charge is 2.22. The van der Waals surface area contributed by atoms with E-state index in [0.29, 0.717) is 69.2 Å². The van der Waals surface area contributed by atoms with Crippen molar-refractivity contribution in [3.8, 4) is 22.6 Å². The second kappa shape index (κ2) is 11.7. The number of carbonyl (C=O) groups is 1. The minimum absolute atomic E-state index is 0.272. The first-order valence-electron chi connectivity index (χ1n) is 12.8. The number of rotatable bonds is 11. The second-order valence-corrected chi connectivity index (χ2v) is 9.86. The van der Waals surface area contributed by atoms with Crippen LogP contribution in [0.15, 0.2) is 60.2 Å². The molecule has 2 N–H and O–H groups in total. The molecule has 0 atom stereocenters. The molecule has 0 bridgehead atoms. The Morgan fingerprint density at radius 3 is 2.65 bits per heavy atom. The number of halogens is 1. The zero-order valence-corrected chi connectivity index (χ0v) is 23.0. The van der Waals surface area contributed by atoms with E-state index in [9.17, 15) is 9.59 Å². The van der Waals surface area contributed by atoms with Crippen molar-refractivity contribution in [2.45, 2.75) is 25.8 Å². The monoisotopic (exact) mass is 560 g/mol. The summed E-state index contributed by atoms with van der Waals surface area (Å²) in [6, 6.07) is 8.68. The molecule has 0 aliphatic heterocycles. The predicted molar refractivity (Wildman–Crippen MR) is 155 cm³/mol. The van der Waals surface area contributed by atoms with Gasteiger partial charge in [-0.2, -0.15) is 4.98 Å². The maximum atomic E-state index is 14.0. The maximum Gasteiger partial charge on any atom is 0.260 e. The molecule has 0 radical (unpaired) electrons. The number of methoxy groups -OCH3 is 2. The topological polar surface area (TPSA) is 120 Å². The van der Waals surface area contributed by atoms with Crippen LogP contribution in [0.5, 0.6) is 11.5 Å². The molecule has 40 heavy (non-hydrogen) atoms. The lowest BCUT2D eigenvalue weighted by molar-refractivity contribution is -0.111. The summed E-state index contributed by atoms with van der Waals surface area (Å²) in [5, 5.41) is 6.94. The smallest absolute Gasteiger partial charge is 0.260 e. The largest absolute Gasteiger partial charge is 0.497 e. The van der Waals surface area contributed by atoms with Crippen molar-refractivity contribution in [1.82, 2.24) is 19.5 Å². The first kappa shape index (κ1) is 27.1. The highest BCUT2D eigenvalue weighted by molar-refractivity contribution is 6.35. The Hall–Kier alpha value is -4.44. The number of ether oxygens (including phenoxy) is 2. The maximum absolute atomic E-state index is 14.0. The number of benzene rings is 1. The molecule has 1 fully saturated rings. The number of hydrogen-bond acceptors (Lipinski definition) is 8. The van der Waals surface area contributed by atoms with Gasteiger partial charge in [-0.05, 0) is 49.1 Å². The van der Waals surface area contributed by atoms with Crippen molar-refractivity contribution in [1.29, 1.82) is 0 Å². The average molecular weight is 561 g/mol. The van der Waals surface area contributed by atoms with Gasteiger partial charge >= 0.3 is 0 Å². The molecule has 0 saturated heterocycles. The Morgan fingerprint density at radius 2 is 1.98 bits per heavy atom. The second-order valence-electron chi connectivity index (χ2n) is 9.48. The molecule has 0 spiro atoms. The number of anilines is 2. The number of carbonyl (C=O) groups excluding carboxylic acids is 1. The zero-order valence-electron chi connectivity index (χ0n) is 22.2. The lowest BCUT2D eigenvalue weighted by atomic mass is 10.0. The third-order valence-corrected chi connectivity index (χ3v) is 7.09. The molecule has 11 heteroatoms. The van der Waals surface area contributed by atoms with Crippen LogP contribution in [-0.4, -0.2) is 46.2 Å². The molecular formula is C29H29ClN6O4. The summed E-state index contributed by atoms with van der Waals surface area (Å²) in [4.78, 5) is 39.2. The number of nitrogens with zero attached hydrogens (tertiary/aromatic N) is 4. The summed E-state index contributed by atoms with van der Waals surface area (Å²) >= 11 is 6.67. The van der Waals surface area contributed by atoms with Crippen molar-refractivity contribution >= 4 is 40.2 Å². The average Bonchev–Trinajstić information content (AvgIpc) is 3.81. The highest BCUT2D eigenvalue weighted by atomic mass is 35.5. The Labute approximate surface area is 236 Å². The molecule has 206 valence electrons. The van der Waals surface area contributed by atoms with E-state index >= 15 is 0 Å². The Morgan fingerprint density at radius 1 is 1.15 bits per heavy atom. The minimum atomic E-state index is -0.317. The van der Waals surface area contributed by atoms with E-state index in [1.165, 1.54) is 33.1 Å². The minimum Gasteiger partial charge on any atom is -0.497 e. The first-order valence-corrected chi connectivity index (χ1v) is 13.2. The number of aryl methyl sites for hydroxylation is 2. The fraction of sp³-hybridized carbons (Fsp3) is 0.276. The molecule has 5 rings (SSSR count). The molecule has 10 nitrogen and oxygen atoms in total. The number of fused-ring (bicyclic) bond motifs is 1. The van der Waals surface area contributed by atoms with Gasteiger partial charge in [0.1, 0.15) is 17.1 Å². The summed E-state index contributed by atoms with van der Waals surface area (Å²) in [5.41, 5.74) is 2.37.